The highest BCUT2D eigenvalue weighted by Crippen LogP contribution is 2.25. The summed E-state index contributed by atoms with van der Waals surface area (Å²) in [5, 5.41) is 0. The van der Waals surface area contributed by atoms with Gasteiger partial charge >= 0.3 is 0 Å². The molecule has 0 aliphatic carbocycles. The SMILES string of the molecule is CCC(N)C(c1ccco1)N(C)Cc1cccc(F)c1. The fourth-order valence-corrected chi connectivity index (χ4v) is 2.46. The average molecular weight is 276 g/mol. The summed E-state index contributed by atoms with van der Waals surface area (Å²) >= 11 is 0. The number of likely N-dealkylation sites (N-methyl/N-ethyl adjacent to an activating group) is 1. The van der Waals surface area contributed by atoms with Crippen LogP contribution in [0.2, 0.25) is 0 Å². The Balaban J connectivity index is 2.17. The van der Waals surface area contributed by atoms with E-state index in [2.05, 4.69) is 11.8 Å². The second-order valence-electron chi connectivity index (χ2n) is 5.08. The molecule has 1 aromatic heterocycles. The van der Waals surface area contributed by atoms with E-state index >= 15 is 0 Å². The Morgan fingerprint density at radius 2 is 2.10 bits per heavy atom. The van der Waals surface area contributed by atoms with Gasteiger partial charge in [0, 0.05) is 12.6 Å². The number of benzene rings is 1. The fourth-order valence-electron chi connectivity index (χ4n) is 2.46. The Labute approximate surface area is 119 Å². The number of halogens is 1. The first kappa shape index (κ1) is 14.8. The second kappa shape index (κ2) is 6.68. The molecule has 4 heteroatoms. The van der Waals surface area contributed by atoms with Crippen molar-refractivity contribution in [2.75, 3.05) is 7.05 Å². The first-order chi connectivity index (χ1) is 9.61. The molecule has 3 nitrogen and oxygen atoms in total. The van der Waals surface area contributed by atoms with Crippen LogP contribution in [0, 0.1) is 5.82 Å². The molecule has 0 amide bonds. The minimum Gasteiger partial charge on any atom is -0.468 e. The summed E-state index contributed by atoms with van der Waals surface area (Å²) < 4.78 is 18.8. The molecule has 2 rings (SSSR count). The molecule has 1 aromatic carbocycles. The zero-order valence-corrected chi connectivity index (χ0v) is 11.9. The Morgan fingerprint density at radius 3 is 2.70 bits per heavy atom. The predicted molar refractivity (Wildman–Crippen MR) is 77.6 cm³/mol. The molecule has 2 unspecified atom stereocenters. The second-order valence-corrected chi connectivity index (χ2v) is 5.08. The first-order valence-corrected chi connectivity index (χ1v) is 6.85. The summed E-state index contributed by atoms with van der Waals surface area (Å²) in [6.45, 7) is 2.67. The van der Waals surface area contributed by atoms with Crippen LogP contribution in [0.15, 0.2) is 47.1 Å². The quantitative estimate of drug-likeness (QED) is 0.880. The summed E-state index contributed by atoms with van der Waals surface area (Å²) in [6.07, 6.45) is 2.50. The van der Waals surface area contributed by atoms with E-state index < -0.39 is 0 Å². The van der Waals surface area contributed by atoms with Gasteiger partial charge in [-0.15, -0.1) is 0 Å². The first-order valence-electron chi connectivity index (χ1n) is 6.85. The Bertz CT molecular complexity index is 527. The molecule has 0 fully saturated rings. The zero-order valence-electron chi connectivity index (χ0n) is 11.9. The van der Waals surface area contributed by atoms with Gasteiger partial charge in [-0.2, -0.15) is 0 Å². The maximum atomic E-state index is 13.3. The monoisotopic (exact) mass is 276 g/mol. The number of hydrogen-bond donors (Lipinski definition) is 1. The van der Waals surface area contributed by atoms with Gasteiger partial charge in [-0.25, -0.2) is 4.39 Å². The maximum absolute atomic E-state index is 13.3. The largest absolute Gasteiger partial charge is 0.468 e. The van der Waals surface area contributed by atoms with Crippen molar-refractivity contribution in [1.82, 2.24) is 4.90 Å². The van der Waals surface area contributed by atoms with Crippen molar-refractivity contribution >= 4 is 0 Å². The van der Waals surface area contributed by atoms with Crippen LogP contribution in [0.5, 0.6) is 0 Å². The van der Waals surface area contributed by atoms with Crippen molar-refractivity contribution in [1.29, 1.82) is 0 Å². The fraction of sp³-hybridized carbons (Fsp3) is 0.375. The molecule has 20 heavy (non-hydrogen) atoms. The van der Waals surface area contributed by atoms with Crippen LogP contribution in [-0.2, 0) is 6.54 Å². The van der Waals surface area contributed by atoms with Crippen LogP contribution < -0.4 is 5.73 Å². The van der Waals surface area contributed by atoms with E-state index in [1.165, 1.54) is 6.07 Å². The summed E-state index contributed by atoms with van der Waals surface area (Å²) in [5.74, 6) is 0.628. The van der Waals surface area contributed by atoms with E-state index in [0.717, 1.165) is 17.7 Å². The summed E-state index contributed by atoms with van der Waals surface area (Å²) in [4.78, 5) is 2.10. The smallest absolute Gasteiger partial charge is 0.123 e. The minimum atomic E-state index is -0.217. The van der Waals surface area contributed by atoms with Crippen LogP contribution >= 0.6 is 0 Å². The molecule has 2 aromatic rings. The number of nitrogens with two attached hydrogens (primary N) is 1. The van der Waals surface area contributed by atoms with Crippen LogP contribution in [0.1, 0.15) is 30.7 Å². The lowest BCUT2D eigenvalue weighted by Crippen LogP contribution is -2.38. The van der Waals surface area contributed by atoms with Crippen LogP contribution in [-0.4, -0.2) is 18.0 Å². The molecule has 0 spiro atoms. The van der Waals surface area contributed by atoms with Crippen molar-refractivity contribution in [3.63, 3.8) is 0 Å². The third-order valence-corrected chi connectivity index (χ3v) is 3.51. The van der Waals surface area contributed by atoms with Gasteiger partial charge in [0.25, 0.3) is 0 Å². The molecular formula is C16H21FN2O. The lowest BCUT2D eigenvalue weighted by Gasteiger charge is -2.30. The van der Waals surface area contributed by atoms with Crippen molar-refractivity contribution < 1.29 is 8.81 Å². The molecule has 1 heterocycles. The van der Waals surface area contributed by atoms with E-state index in [9.17, 15) is 4.39 Å². The van der Waals surface area contributed by atoms with Gasteiger partial charge in [0.1, 0.15) is 11.6 Å². The van der Waals surface area contributed by atoms with Crippen molar-refractivity contribution in [2.45, 2.75) is 32.0 Å². The molecule has 0 saturated heterocycles. The van der Waals surface area contributed by atoms with Gasteiger partial charge in [-0.05, 0) is 43.3 Å². The molecule has 0 bridgehead atoms. The van der Waals surface area contributed by atoms with Crippen LogP contribution in [0.4, 0.5) is 4.39 Å². The summed E-state index contributed by atoms with van der Waals surface area (Å²) in [5.41, 5.74) is 7.14. The molecule has 108 valence electrons. The van der Waals surface area contributed by atoms with Gasteiger partial charge < -0.3 is 10.2 Å². The van der Waals surface area contributed by atoms with Gasteiger partial charge in [-0.1, -0.05) is 19.1 Å². The van der Waals surface area contributed by atoms with E-state index in [1.807, 2.05) is 25.2 Å². The number of furan rings is 1. The normalized spacial score (nSPS) is 14.4. The lowest BCUT2D eigenvalue weighted by atomic mass is 10.0. The molecule has 0 saturated carbocycles. The highest BCUT2D eigenvalue weighted by Gasteiger charge is 2.25. The van der Waals surface area contributed by atoms with Gasteiger partial charge in [0.05, 0.1) is 12.3 Å². The van der Waals surface area contributed by atoms with Crippen LogP contribution in [0.3, 0.4) is 0 Å². The predicted octanol–water partition coefficient (Wildman–Crippen LogP) is 3.33. The van der Waals surface area contributed by atoms with E-state index in [1.54, 1.807) is 18.4 Å². The minimum absolute atomic E-state index is 0.0155. The highest BCUT2D eigenvalue weighted by atomic mass is 19.1. The maximum Gasteiger partial charge on any atom is 0.123 e. The van der Waals surface area contributed by atoms with Crippen molar-refractivity contribution in [3.05, 3.63) is 59.8 Å². The Morgan fingerprint density at radius 1 is 1.30 bits per heavy atom. The average Bonchev–Trinajstić information content (AvgIpc) is 2.92. The molecule has 0 aliphatic heterocycles. The van der Waals surface area contributed by atoms with Gasteiger partial charge in [-0.3, -0.25) is 4.90 Å². The number of rotatable bonds is 6. The van der Waals surface area contributed by atoms with Crippen molar-refractivity contribution in [3.8, 4) is 0 Å². The Kier molecular flexibility index (Phi) is 4.93. The van der Waals surface area contributed by atoms with E-state index in [4.69, 9.17) is 10.2 Å². The third-order valence-electron chi connectivity index (χ3n) is 3.51. The molecule has 0 aliphatic rings. The van der Waals surface area contributed by atoms with Gasteiger partial charge in [0.2, 0.25) is 0 Å². The lowest BCUT2D eigenvalue weighted by molar-refractivity contribution is 0.175. The third kappa shape index (κ3) is 3.46. The Hall–Kier alpha value is -1.65. The summed E-state index contributed by atoms with van der Waals surface area (Å²) in [7, 11) is 1.98. The molecule has 2 atom stereocenters. The van der Waals surface area contributed by atoms with Gasteiger partial charge in [0.15, 0.2) is 0 Å². The zero-order chi connectivity index (χ0) is 14.5. The number of hydrogen-bond acceptors (Lipinski definition) is 3. The molecule has 2 N–H and O–H groups in total. The van der Waals surface area contributed by atoms with Crippen LogP contribution in [0.25, 0.3) is 0 Å². The standard InChI is InChI=1S/C16H21FN2O/c1-3-14(18)16(15-8-5-9-20-15)19(2)11-12-6-4-7-13(17)10-12/h4-10,14,16H,3,11,18H2,1-2H3. The molecular weight excluding hydrogens is 255 g/mol. The molecule has 0 radical (unpaired) electrons. The van der Waals surface area contributed by atoms with E-state index in [-0.39, 0.29) is 17.9 Å². The highest BCUT2D eigenvalue weighted by molar-refractivity contribution is 5.17. The van der Waals surface area contributed by atoms with E-state index in [0.29, 0.717) is 6.54 Å². The van der Waals surface area contributed by atoms with Crippen molar-refractivity contribution in [2.24, 2.45) is 5.73 Å². The topological polar surface area (TPSA) is 42.4 Å². The number of nitrogens with zero attached hydrogens (tertiary/aromatic N) is 1. The summed E-state index contributed by atoms with van der Waals surface area (Å²) in [6, 6.07) is 10.4.